The van der Waals surface area contributed by atoms with Crippen LogP contribution < -0.4 is 10.5 Å². The number of halogens is 1. The molecule has 0 aliphatic heterocycles. The second kappa shape index (κ2) is 6.17. The summed E-state index contributed by atoms with van der Waals surface area (Å²) in [6, 6.07) is 6.04. The van der Waals surface area contributed by atoms with Gasteiger partial charge in [-0.2, -0.15) is 0 Å². The van der Waals surface area contributed by atoms with Crippen LogP contribution in [0.4, 0.5) is 5.69 Å². The van der Waals surface area contributed by atoms with E-state index in [0.29, 0.717) is 5.69 Å². The number of nitrogens with two attached hydrogens (primary N) is 1. The fraction of sp³-hybridized carbons (Fsp3) is 0.364. The lowest BCUT2D eigenvalue weighted by Crippen LogP contribution is -2.30. The molecule has 0 aromatic heterocycles. The van der Waals surface area contributed by atoms with Crippen LogP contribution in [0.3, 0.4) is 0 Å². The summed E-state index contributed by atoms with van der Waals surface area (Å²) in [4.78, 5) is 4.15. The summed E-state index contributed by atoms with van der Waals surface area (Å²) in [6.07, 6.45) is 0. The van der Waals surface area contributed by atoms with Crippen LogP contribution in [0.15, 0.2) is 34.2 Å². The Kier molecular flexibility index (Phi) is 5.13. The molecule has 1 rings (SSSR count). The van der Waals surface area contributed by atoms with E-state index in [-0.39, 0.29) is 22.7 Å². The van der Waals surface area contributed by atoms with Gasteiger partial charge < -0.3 is 5.73 Å². The molecule has 0 fully saturated rings. The number of hydrogen-bond donors (Lipinski definition) is 2. The normalized spacial score (nSPS) is 13.0. The van der Waals surface area contributed by atoms with E-state index in [1.807, 2.05) is 0 Å². The zero-order valence-corrected chi connectivity index (χ0v) is 11.8. The standard InChI is InChI=1S/C11H16ClN3O2S/c1-8(2)15-18(16,17)10-5-3-4-9(6-10)14-11(13)7-12/h3-6,8,15H,7H2,1-2H3,(H2,13,14). The smallest absolute Gasteiger partial charge is 0.240 e. The molecule has 0 spiro atoms. The highest BCUT2D eigenvalue weighted by molar-refractivity contribution is 7.89. The van der Waals surface area contributed by atoms with Gasteiger partial charge in [-0.05, 0) is 32.0 Å². The average molecular weight is 290 g/mol. The van der Waals surface area contributed by atoms with Crippen LogP contribution >= 0.6 is 11.6 Å². The molecule has 0 atom stereocenters. The van der Waals surface area contributed by atoms with Crippen LogP contribution in [0.1, 0.15) is 13.8 Å². The van der Waals surface area contributed by atoms with Crippen molar-refractivity contribution in [2.24, 2.45) is 10.7 Å². The first-order chi connectivity index (χ1) is 8.35. The molecule has 1 aromatic carbocycles. The predicted molar refractivity (Wildman–Crippen MR) is 73.9 cm³/mol. The van der Waals surface area contributed by atoms with E-state index in [1.54, 1.807) is 26.0 Å². The lowest BCUT2D eigenvalue weighted by molar-refractivity contribution is 0.570. The first kappa shape index (κ1) is 14.9. The molecular formula is C11H16ClN3O2S. The third-order valence-corrected chi connectivity index (χ3v) is 3.86. The number of amidine groups is 1. The van der Waals surface area contributed by atoms with E-state index in [2.05, 4.69) is 9.71 Å². The number of rotatable bonds is 5. The molecule has 0 amide bonds. The number of aliphatic imine (C=N–C) groups is 1. The van der Waals surface area contributed by atoms with Crippen molar-refractivity contribution in [1.29, 1.82) is 0 Å². The zero-order chi connectivity index (χ0) is 13.8. The van der Waals surface area contributed by atoms with Crippen molar-refractivity contribution in [2.45, 2.75) is 24.8 Å². The van der Waals surface area contributed by atoms with E-state index in [4.69, 9.17) is 17.3 Å². The summed E-state index contributed by atoms with van der Waals surface area (Å²) in [6.45, 7) is 3.51. The van der Waals surface area contributed by atoms with Gasteiger partial charge in [-0.15, -0.1) is 11.6 Å². The fourth-order valence-electron chi connectivity index (χ4n) is 1.29. The minimum absolute atomic E-state index is 0.0984. The third kappa shape index (κ3) is 4.29. The van der Waals surface area contributed by atoms with Crippen molar-refractivity contribution >= 4 is 33.1 Å². The SMILES string of the molecule is CC(C)NS(=O)(=O)c1cccc(N=C(N)CCl)c1. The Hall–Kier alpha value is -1.11. The van der Waals surface area contributed by atoms with Crippen molar-refractivity contribution in [1.82, 2.24) is 4.72 Å². The van der Waals surface area contributed by atoms with Gasteiger partial charge in [0.15, 0.2) is 0 Å². The molecule has 18 heavy (non-hydrogen) atoms. The highest BCUT2D eigenvalue weighted by Crippen LogP contribution is 2.18. The van der Waals surface area contributed by atoms with Gasteiger partial charge >= 0.3 is 0 Å². The first-order valence-electron chi connectivity index (χ1n) is 5.36. The van der Waals surface area contributed by atoms with E-state index in [9.17, 15) is 8.42 Å². The van der Waals surface area contributed by atoms with Crippen molar-refractivity contribution in [3.63, 3.8) is 0 Å². The third-order valence-electron chi connectivity index (χ3n) is 1.93. The van der Waals surface area contributed by atoms with Crippen LogP contribution in [0.2, 0.25) is 0 Å². The summed E-state index contributed by atoms with van der Waals surface area (Å²) >= 11 is 5.51. The topological polar surface area (TPSA) is 84.5 Å². The van der Waals surface area contributed by atoms with Gasteiger partial charge in [0.2, 0.25) is 10.0 Å². The molecule has 100 valence electrons. The van der Waals surface area contributed by atoms with Gasteiger partial charge in [0.25, 0.3) is 0 Å². The lowest BCUT2D eigenvalue weighted by Gasteiger charge is -2.09. The zero-order valence-electron chi connectivity index (χ0n) is 10.2. The maximum absolute atomic E-state index is 11.9. The van der Waals surface area contributed by atoms with E-state index >= 15 is 0 Å². The summed E-state index contributed by atoms with van der Waals surface area (Å²) < 4.78 is 26.4. The van der Waals surface area contributed by atoms with E-state index in [0.717, 1.165) is 0 Å². The van der Waals surface area contributed by atoms with Gasteiger partial charge in [0.1, 0.15) is 5.84 Å². The quantitative estimate of drug-likeness (QED) is 0.490. The largest absolute Gasteiger partial charge is 0.386 e. The molecule has 0 saturated carbocycles. The maximum atomic E-state index is 11.9. The summed E-state index contributed by atoms with van der Waals surface area (Å²) in [5, 5.41) is 0. The number of sulfonamides is 1. The minimum atomic E-state index is -3.52. The Morgan fingerprint density at radius 2 is 2.17 bits per heavy atom. The fourth-order valence-corrected chi connectivity index (χ4v) is 2.64. The van der Waals surface area contributed by atoms with Crippen LogP contribution in [-0.4, -0.2) is 26.2 Å². The number of alkyl halides is 1. The molecule has 0 heterocycles. The van der Waals surface area contributed by atoms with Crippen LogP contribution in [0.25, 0.3) is 0 Å². The Morgan fingerprint density at radius 3 is 2.72 bits per heavy atom. The van der Waals surface area contributed by atoms with Gasteiger partial charge in [0, 0.05) is 6.04 Å². The molecule has 5 nitrogen and oxygen atoms in total. The molecule has 0 bridgehead atoms. The number of nitrogens with zero attached hydrogens (tertiary/aromatic N) is 1. The van der Waals surface area contributed by atoms with Crippen molar-refractivity contribution in [3.05, 3.63) is 24.3 Å². The average Bonchev–Trinajstić information content (AvgIpc) is 2.27. The highest BCUT2D eigenvalue weighted by atomic mass is 35.5. The molecule has 0 radical (unpaired) electrons. The molecule has 0 saturated heterocycles. The summed E-state index contributed by atoms with van der Waals surface area (Å²) in [5.74, 6) is 0.337. The number of nitrogens with one attached hydrogen (secondary N) is 1. The van der Waals surface area contributed by atoms with Gasteiger partial charge in [-0.1, -0.05) is 6.07 Å². The molecule has 0 unspecified atom stereocenters. The number of hydrogen-bond acceptors (Lipinski definition) is 3. The predicted octanol–water partition coefficient (Wildman–Crippen LogP) is 1.60. The first-order valence-corrected chi connectivity index (χ1v) is 7.38. The molecule has 0 aliphatic carbocycles. The van der Waals surface area contributed by atoms with E-state index in [1.165, 1.54) is 12.1 Å². The van der Waals surface area contributed by atoms with Crippen LogP contribution in [-0.2, 0) is 10.0 Å². The van der Waals surface area contributed by atoms with Gasteiger partial charge in [0.05, 0.1) is 16.5 Å². The molecule has 7 heteroatoms. The Morgan fingerprint density at radius 1 is 1.50 bits per heavy atom. The Balaban J connectivity index is 3.10. The van der Waals surface area contributed by atoms with Crippen LogP contribution in [0.5, 0.6) is 0 Å². The molecule has 3 N–H and O–H groups in total. The van der Waals surface area contributed by atoms with Crippen molar-refractivity contribution in [2.75, 3.05) is 5.88 Å². The Labute approximate surface area is 112 Å². The molecular weight excluding hydrogens is 274 g/mol. The molecule has 0 aliphatic rings. The Bertz CT molecular complexity index is 541. The second-order valence-electron chi connectivity index (χ2n) is 4.01. The van der Waals surface area contributed by atoms with Crippen molar-refractivity contribution < 1.29 is 8.42 Å². The van der Waals surface area contributed by atoms with Crippen LogP contribution in [0, 0.1) is 0 Å². The minimum Gasteiger partial charge on any atom is -0.386 e. The number of benzene rings is 1. The molecule has 1 aromatic rings. The van der Waals surface area contributed by atoms with Gasteiger partial charge in [-0.25, -0.2) is 18.1 Å². The second-order valence-corrected chi connectivity index (χ2v) is 5.99. The van der Waals surface area contributed by atoms with E-state index < -0.39 is 10.0 Å². The highest BCUT2D eigenvalue weighted by Gasteiger charge is 2.15. The van der Waals surface area contributed by atoms with Crippen molar-refractivity contribution in [3.8, 4) is 0 Å². The maximum Gasteiger partial charge on any atom is 0.240 e. The monoisotopic (exact) mass is 289 g/mol. The van der Waals surface area contributed by atoms with Gasteiger partial charge in [-0.3, -0.25) is 0 Å². The lowest BCUT2D eigenvalue weighted by atomic mass is 10.3. The summed E-state index contributed by atoms with van der Waals surface area (Å²) in [5.41, 5.74) is 5.96. The summed E-state index contributed by atoms with van der Waals surface area (Å²) in [7, 11) is -3.52.